The molecule has 1 unspecified atom stereocenters. The number of hydrogen-bond acceptors (Lipinski definition) is 3. The molecular formula is C18H18N2O3S. The Morgan fingerprint density at radius 1 is 1.08 bits per heavy atom. The lowest BCUT2D eigenvalue weighted by molar-refractivity contribution is -0.120. The Bertz CT molecular complexity index is 922. The molecule has 1 saturated heterocycles. The minimum Gasteiger partial charge on any atom is -0.325 e. The van der Waals surface area contributed by atoms with Crippen LogP contribution in [-0.4, -0.2) is 31.7 Å². The van der Waals surface area contributed by atoms with Crippen molar-refractivity contribution < 1.29 is 13.2 Å². The normalized spacial score (nSPS) is 23.5. The van der Waals surface area contributed by atoms with E-state index in [0.717, 1.165) is 16.8 Å². The van der Waals surface area contributed by atoms with Crippen molar-refractivity contribution in [2.24, 2.45) is 0 Å². The SMILES string of the molecule is Cc1ccc(S(=O)(=O)N2CCC3(C2)C(=O)Nc2ccccc23)cc1. The van der Waals surface area contributed by atoms with E-state index < -0.39 is 15.4 Å². The van der Waals surface area contributed by atoms with E-state index in [1.807, 2.05) is 31.2 Å². The van der Waals surface area contributed by atoms with Crippen LogP contribution < -0.4 is 5.32 Å². The molecular weight excluding hydrogens is 324 g/mol. The molecule has 1 N–H and O–H groups in total. The fourth-order valence-corrected chi connectivity index (χ4v) is 5.12. The quantitative estimate of drug-likeness (QED) is 0.910. The second-order valence-electron chi connectivity index (χ2n) is 6.48. The predicted octanol–water partition coefficient (Wildman–Crippen LogP) is 2.28. The van der Waals surface area contributed by atoms with Crippen LogP contribution in [0, 0.1) is 6.92 Å². The van der Waals surface area contributed by atoms with Crippen LogP contribution >= 0.6 is 0 Å². The fourth-order valence-electron chi connectivity index (χ4n) is 3.62. The predicted molar refractivity (Wildman–Crippen MR) is 91.3 cm³/mol. The van der Waals surface area contributed by atoms with E-state index in [1.54, 1.807) is 24.3 Å². The smallest absolute Gasteiger partial charge is 0.243 e. The van der Waals surface area contributed by atoms with E-state index in [2.05, 4.69) is 5.32 Å². The second-order valence-corrected chi connectivity index (χ2v) is 8.42. The number of fused-ring (bicyclic) bond motifs is 2. The van der Waals surface area contributed by atoms with Crippen molar-refractivity contribution in [3.8, 4) is 0 Å². The van der Waals surface area contributed by atoms with Crippen molar-refractivity contribution in [1.29, 1.82) is 0 Å². The number of sulfonamides is 1. The number of nitrogens with zero attached hydrogens (tertiary/aromatic N) is 1. The number of amides is 1. The molecule has 4 rings (SSSR count). The van der Waals surface area contributed by atoms with Crippen molar-refractivity contribution >= 4 is 21.6 Å². The van der Waals surface area contributed by atoms with Gasteiger partial charge in [-0.2, -0.15) is 4.31 Å². The first-order valence-corrected chi connectivity index (χ1v) is 9.35. The van der Waals surface area contributed by atoms with E-state index in [9.17, 15) is 13.2 Å². The van der Waals surface area contributed by atoms with Crippen LogP contribution in [0.1, 0.15) is 17.5 Å². The lowest BCUT2D eigenvalue weighted by atomic mass is 9.81. The molecule has 0 aliphatic carbocycles. The summed E-state index contributed by atoms with van der Waals surface area (Å²) < 4.78 is 27.2. The number of benzene rings is 2. The highest BCUT2D eigenvalue weighted by Crippen LogP contribution is 2.45. The molecule has 1 spiro atoms. The molecule has 2 heterocycles. The summed E-state index contributed by atoms with van der Waals surface area (Å²) in [6.45, 7) is 2.45. The molecule has 6 heteroatoms. The van der Waals surface area contributed by atoms with Crippen LogP contribution in [0.25, 0.3) is 0 Å². The van der Waals surface area contributed by atoms with Gasteiger partial charge in [0.2, 0.25) is 15.9 Å². The van der Waals surface area contributed by atoms with Gasteiger partial charge in [-0.15, -0.1) is 0 Å². The summed E-state index contributed by atoms with van der Waals surface area (Å²) >= 11 is 0. The van der Waals surface area contributed by atoms with Crippen molar-refractivity contribution in [2.45, 2.75) is 23.7 Å². The van der Waals surface area contributed by atoms with Crippen LogP contribution in [0.15, 0.2) is 53.4 Å². The maximum atomic E-state index is 12.9. The molecule has 1 atom stereocenters. The molecule has 0 bridgehead atoms. The third kappa shape index (κ3) is 2.10. The van der Waals surface area contributed by atoms with E-state index in [4.69, 9.17) is 0 Å². The van der Waals surface area contributed by atoms with Gasteiger partial charge in [-0.3, -0.25) is 4.79 Å². The van der Waals surface area contributed by atoms with Gasteiger partial charge in [0, 0.05) is 18.8 Å². The molecule has 1 amide bonds. The largest absolute Gasteiger partial charge is 0.325 e. The Morgan fingerprint density at radius 3 is 2.54 bits per heavy atom. The lowest BCUT2D eigenvalue weighted by Crippen LogP contribution is -2.39. The number of anilines is 1. The molecule has 0 saturated carbocycles. The molecule has 124 valence electrons. The highest BCUT2D eigenvalue weighted by molar-refractivity contribution is 7.89. The first-order chi connectivity index (χ1) is 11.4. The number of rotatable bonds is 2. The highest BCUT2D eigenvalue weighted by Gasteiger charge is 2.53. The van der Waals surface area contributed by atoms with E-state index in [1.165, 1.54) is 4.31 Å². The van der Waals surface area contributed by atoms with Gasteiger partial charge in [-0.25, -0.2) is 8.42 Å². The zero-order valence-corrected chi connectivity index (χ0v) is 14.1. The number of carbonyl (C=O) groups excluding carboxylic acids is 1. The number of nitrogens with one attached hydrogen (secondary N) is 1. The van der Waals surface area contributed by atoms with Gasteiger partial charge in [0.05, 0.1) is 10.3 Å². The van der Waals surface area contributed by atoms with Crippen LogP contribution in [0.5, 0.6) is 0 Å². The first-order valence-electron chi connectivity index (χ1n) is 7.91. The summed E-state index contributed by atoms with van der Waals surface area (Å²) in [4.78, 5) is 12.9. The Kier molecular flexibility index (Phi) is 3.30. The monoisotopic (exact) mass is 342 g/mol. The maximum Gasteiger partial charge on any atom is 0.243 e. The van der Waals surface area contributed by atoms with E-state index in [-0.39, 0.29) is 17.3 Å². The van der Waals surface area contributed by atoms with Gasteiger partial charge in [-0.05, 0) is 37.1 Å². The third-order valence-electron chi connectivity index (χ3n) is 5.02. The average Bonchev–Trinajstić information content (AvgIpc) is 3.13. The maximum absolute atomic E-state index is 12.9. The number of hydrogen-bond donors (Lipinski definition) is 1. The molecule has 2 aromatic carbocycles. The van der Waals surface area contributed by atoms with Crippen molar-refractivity contribution in [2.75, 3.05) is 18.4 Å². The summed E-state index contributed by atoms with van der Waals surface area (Å²) in [7, 11) is -3.59. The van der Waals surface area contributed by atoms with Crippen molar-refractivity contribution in [3.63, 3.8) is 0 Å². The third-order valence-corrected chi connectivity index (χ3v) is 6.88. The summed E-state index contributed by atoms with van der Waals surface area (Å²) in [6.07, 6.45) is 0.501. The molecule has 2 aromatic rings. The molecule has 1 fully saturated rings. The fraction of sp³-hybridized carbons (Fsp3) is 0.278. The summed E-state index contributed by atoms with van der Waals surface area (Å²) in [6, 6.07) is 14.4. The Hall–Kier alpha value is -2.18. The zero-order valence-electron chi connectivity index (χ0n) is 13.3. The average molecular weight is 342 g/mol. The number of para-hydroxylation sites is 1. The molecule has 0 radical (unpaired) electrons. The zero-order chi connectivity index (χ0) is 16.9. The molecule has 0 aromatic heterocycles. The minimum atomic E-state index is -3.59. The molecule has 5 nitrogen and oxygen atoms in total. The van der Waals surface area contributed by atoms with Gasteiger partial charge in [-0.1, -0.05) is 35.9 Å². The Labute approximate surface area is 141 Å². The number of carbonyl (C=O) groups is 1. The van der Waals surface area contributed by atoms with Gasteiger partial charge < -0.3 is 5.32 Å². The molecule has 24 heavy (non-hydrogen) atoms. The summed E-state index contributed by atoms with van der Waals surface area (Å²) in [5.74, 6) is -0.106. The lowest BCUT2D eigenvalue weighted by Gasteiger charge is -2.22. The Morgan fingerprint density at radius 2 is 1.79 bits per heavy atom. The van der Waals surface area contributed by atoms with E-state index in [0.29, 0.717) is 13.0 Å². The van der Waals surface area contributed by atoms with Gasteiger partial charge in [0.1, 0.15) is 0 Å². The summed E-state index contributed by atoms with van der Waals surface area (Å²) in [5, 5.41) is 2.89. The minimum absolute atomic E-state index is 0.106. The topological polar surface area (TPSA) is 66.5 Å². The van der Waals surface area contributed by atoms with Crippen LogP contribution in [0.3, 0.4) is 0 Å². The molecule has 2 aliphatic rings. The highest BCUT2D eigenvalue weighted by atomic mass is 32.2. The van der Waals surface area contributed by atoms with Crippen LogP contribution in [0.2, 0.25) is 0 Å². The first kappa shape index (κ1) is 15.4. The second kappa shape index (κ2) is 5.16. The molecule has 2 aliphatic heterocycles. The number of aryl methyl sites for hydroxylation is 1. The Balaban J connectivity index is 1.70. The van der Waals surface area contributed by atoms with Crippen LogP contribution in [-0.2, 0) is 20.2 Å². The van der Waals surface area contributed by atoms with Gasteiger partial charge >= 0.3 is 0 Å². The van der Waals surface area contributed by atoms with E-state index >= 15 is 0 Å². The van der Waals surface area contributed by atoms with Crippen LogP contribution in [0.4, 0.5) is 5.69 Å². The van der Waals surface area contributed by atoms with Crippen molar-refractivity contribution in [3.05, 3.63) is 59.7 Å². The summed E-state index contributed by atoms with van der Waals surface area (Å²) in [5.41, 5.74) is 1.93. The standard InChI is InChI=1S/C18H18N2O3S/c1-13-6-8-14(9-7-13)24(22,23)20-11-10-18(12-20)15-4-2-3-5-16(15)19-17(18)21/h2-9H,10-12H2,1H3,(H,19,21). The van der Waals surface area contributed by atoms with Gasteiger partial charge in [0.25, 0.3) is 0 Å². The van der Waals surface area contributed by atoms with Gasteiger partial charge in [0.15, 0.2) is 0 Å². The van der Waals surface area contributed by atoms with Crippen molar-refractivity contribution in [1.82, 2.24) is 4.31 Å².